The van der Waals surface area contributed by atoms with Crippen LogP contribution in [0.1, 0.15) is 23.7 Å². The van der Waals surface area contributed by atoms with Gasteiger partial charge in [0.2, 0.25) is 0 Å². The van der Waals surface area contributed by atoms with Crippen LogP contribution >= 0.6 is 0 Å². The fraction of sp³-hybridized carbons (Fsp3) is 0.136. The molecule has 0 unspecified atom stereocenters. The summed E-state index contributed by atoms with van der Waals surface area (Å²) in [5.74, 6) is 0.701. The molecule has 0 spiro atoms. The van der Waals surface area contributed by atoms with Gasteiger partial charge in [-0.3, -0.25) is 0 Å². The van der Waals surface area contributed by atoms with Crippen LogP contribution in [0.5, 0.6) is 17.2 Å². The van der Waals surface area contributed by atoms with Crippen LogP contribution in [0.2, 0.25) is 0 Å². The van der Waals surface area contributed by atoms with E-state index in [1.165, 1.54) is 0 Å². The molecule has 0 aliphatic rings. The third-order valence-electron chi connectivity index (χ3n) is 3.84. The summed E-state index contributed by atoms with van der Waals surface area (Å²) in [7, 11) is 0. The molecular weight excluding hydrogens is 328 g/mol. The lowest BCUT2D eigenvalue weighted by Gasteiger charge is -2.11. The minimum absolute atomic E-state index is 0.125. The number of carboxylic acids is 1. The van der Waals surface area contributed by atoms with Crippen LogP contribution in [0, 0.1) is 0 Å². The van der Waals surface area contributed by atoms with E-state index in [-0.39, 0.29) is 5.56 Å². The van der Waals surface area contributed by atoms with E-state index in [1.54, 1.807) is 30.3 Å². The lowest BCUT2D eigenvalue weighted by atomic mass is 10.0. The highest BCUT2D eigenvalue weighted by atomic mass is 16.5. The minimum atomic E-state index is -1.02. The normalized spacial score (nSPS) is 10.3. The average Bonchev–Trinajstić information content (AvgIpc) is 2.67. The smallest absolute Gasteiger partial charge is 0.339 e. The fourth-order valence-corrected chi connectivity index (χ4v) is 2.54. The van der Waals surface area contributed by atoms with Crippen molar-refractivity contribution in [1.29, 1.82) is 0 Å². The Labute approximate surface area is 152 Å². The van der Waals surface area contributed by atoms with Crippen LogP contribution in [0.25, 0.3) is 11.1 Å². The van der Waals surface area contributed by atoms with Crippen molar-refractivity contribution in [2.75, 3.05) is 6.61 Å². The maximum atomic E-state index is 11.5. The highest BCUT2D eigenvalue weighted by molar-refractivity contribution is 5.92. The summed E-state index contributed by atoms with van der Waals surface area (Å²) < 4.78 is 11.4. The van der Waals surface area contributed by atoms with Crippen LogP contribution in [0.15, 0.2) is 72.8 Å². The second kappa shape index (κ2) is 8.21. The number of rotatable bonds is 7. The summed E-state index contributed by atoms with van der Waals surface area (Å²) in [6, 6.07) is 22.0. The van der Waals surface area contributed by atoms with Gasteiger partial charge in [0.05, 0.1) is 6.61 Å². The van der Waals surface area contributed by atoms with E-state index in [9.17, 15) is 9.90 Å². The van der Waals surface area contributed by atoms with Gasteiger partial charge >= 0.3 is 5.97 Å². The molecule has 0 amide bonds. The summed E-state index contributed by atoms with van der Waals surface area (Å²) in [5, 5.41) is 9.43. The summed E-state index contributed by atoms with van der Waals surface area (Å²) in [6.45, 7) is 2.74. The highest BCUT2D eigenvalue weighted by Crippen LogP contribution is 2.31. The van der Waals surface area contributed by atoms with Crippen LogP contribution in [-0.2, 0) is 0 Å². The van der Waals surface area contributed by atoms with Crippen LogP contribution in [-0.4, -0.2) is 17.7 Å². The molecule has 1 N–H and O–H groups in total. The monoisotopic (exact) mass is 348 g/mol. The summed E-state index contributed by atoms with van der Waals surface area (Å²) >= 11 is 0. The number of benzene rings is 3. The quantitative estimate of drug-likeness (QED) is 0.601. The van der Waals surface area contributed by atoms with Crippen molar-refractivity contribution in [3.8, 4) is 28.4 Å². The molecule has 3 aromatic rings. The molecule has 3 rings (SSSR count). The Balaban J connectivity index is 1.91. The molecule has 0 aliphatic heterocycles. The Morgan fingerprint density at radius 2 is 1.58 bits per heavy atom. The summed E-state index contributed by atoms with van der Waals surface area (Å²) in [4.78, 5) is 11.5. The molecule has 0 fully saturated rings. The van der Waals surface area contributed by atoms with Crippen molar-refractivity contribution in [2.45, 2.75) is 13.3 Å². The van der Waals surface area contributed by atoms with E-state index in [0.717, 1.165) is 23.3 Å². The number of carbonyl (C=O) groups is 1. The van der Waals surface area contributed by atoms with Gasteiger partial charge in [0, 0.05) is 0 Å². The molecule has 0 heterocycles. The molecule has 0 saturated heterocycles. The molecule has 4 nitrogen and oxygen atoms in total. The largest absolute Gasteiger partial charge is 0.494 e. The Bertz CT molecular complexity index is 870. The minimum Gasteiger partial charge on any atom is -0.494 e. The second-order valence-corrected chi connectivity index (χ2v) is 5.80. The molecule has 26 heavy (non-hydrogen) atoms. The zero-order chi connectivity index (χ0) is 18.4. The van der Waals surface area contributed by atoms with Crippen LogP contribution in [0.4, 0.5) is 0 Å². The molecule has 0 radical (unpaired) electrons. The lowest BCUT2D eigenvalue weighted by Crippen LogP contribution is -2.00. The first-order chi connectivity index (χ1) is 12.7. The van der Waals surface area contributed by atoms with Gasteiger partial charge in [-0.25, -0.2) is 4.79 Å². The predicted octanol–water partition coefficient (Wildman–Crippen LogP) is 5.63. The Morgan fingerprint density at radius 1 is 0.885 bits per heavy atom. The van der Waals surface area contributed by atoms with E-state index >= 15 is 0 Å². The zero-order valence-corrected chi connectivity index (χ0v) is 14.5. The van der Waals surface area contributed by atoms with Crippen molar-refractivity contribution in [1.82, 2.24) is 0 Å². The molecule has 4 heteroatoms. The summed E-state index contributed by atoms with van der Waals surface area (Å²) in [5.41, 5.74) is 1.96. The van der Waals surface area contributed by atoms with Gasteiger partial charge < -0.3 is 14.6 Å². The van der Waals surface area contributed by atoms with E-state index < -0.39 is 5.97 Å². The van der Waals surface area contributed by atoms with Gasteiger partial charge in [-0.2, -0.15) is 0 Å². The zero-order valence-electron chi connectivity index (χ0n) is 14.5. The van der Waals surface area contributed by atoms with E-state index in [4.69, 9.17) is 9.47 Å². The first-order valence-corrected chi connectivity index (χ1v) is 8.51. The lowest BCUT2D eigenvalue weighted by molar-refractivity contribution is 0.0694. The van der Waals surface area contributed by atoms with Crippen molar-refractivity contribution >= 4 is 5.97 Å². The van der Waals surface area contributed by atoms with Gasteiger partial charge in [-0.1, -0.05) is 43.3 Å². The van der Waals surface area contributed by atoms with Gasteiger partial charge in [0.25, 0.3) is 0 Å². The van der Waals surface area contributed by atoms with Crippen molar-refractivity contribution in [2.24, 2.45) is 0 Å². The second-order valence-electron chi connectivity index (χ2n) is 5.80. The maximum Gasteiger partial charge on any atom is 0.339 e. The molecule has 0 saturated carbocycles. The first-order valence-electron chi connectivity index (χ1n) is 8.51. The van der Waals surface area contributed by atoms with Gasteiger partial charge in [0.15, 0.2) is 0 Å². The molecule has 3 aromatic carbocycles. The van der Waals surface area contributed by atoms with Crippen molar-refractivity contribution in [3.63, 3.8) is 0 Å². The van der Waals surface area contributed by atoms with Gasteiger partial charge in [-0.15, -0.1) is 0 Å². The fourth-order valence-electron chi connectivity index (χ4n) is 2.54. The van der Waals surface area contributed by atoms with E-state index in [0.29, 0.717) is 18.1 Å². The van der Waals surface area contributed by atoms with Crippen molar-refractivity contribution in [3.05, 3.63) is 78.4 Å². The molecule has 0 bridgehead atoms. The highest BCUT2D eigenvalue weighted by Gasteiger charge is 2.14. The van der Waals surface area contributed by atoms with E-state index in [1.807, 2.05) is 42.5 Å². The number of hydrogen-bond acceptors (Lipinski definition) is 3. The summed E-state index contributed by atoms with van der Waals surface area (Å²) in [6.07, 6.45) is 0.957. The Hall–Kier alpha value is -3.27. The molecule has 0 atom stereocenters. The molecule has 132 valence electrons. The number of carboxylic acid groups (broad SMARTS) is 1. The first kappa shape index (κ1) is 17.5. The Kier molecular flexibility index (Phi) is 5.54. The number of hydrogen-bond donors (Lipinski definition) is 1. The number of aromatic carboxylic acids is 1. The van der Waals surface area contributed by atoms with Crippen LogP contribution in [0.3, 0.4) is 0 Å². The van der Waals surface area contributed by atoms with Gasteiger partial charge in [0.1, 0.15) is 22.8 Å². The van der Waals surface area contributed by atoms with Crippen molar-refractivity contribution < 1.29 is 19.4 Å². The van der Waals surface area contributed by atoms with Crippen LogP contribution < -0.4 is 9.47 Å². The topological polar surface area (TPSA) is 55.8 Å². The molecule has 0 aromatic heterocycles. The molecular formula is C22H20O4. The van der Waals surface area contributed by atoms with Gasteiger partial charge in [-0.05, 0) is 53.9 Å². The SMILES string of the molecule is CCCOc1ccc(-c2ccc(C(=O)O)c(Oc3ccccc3)c2)cc1. The maximum absolute atomic E-state index is 11.5. The standard InChI is InChI=1S/C22H20O4/c1-2-14-25-18-11-8-16(9-12-18)17-10-13-20(22(23)24)21(15-17)26-19-6-4-3-5-7-19/h3-13,15H,2,14H2,1H3,(H,23,24). The third kappa shape index (κ3) is 4.22. The average molecular weight is 348 g/mol. The predicted molar refractivity (Wildman–Crippen MR) is 101 cm³/mol. The Morgan fingerprint density at radius 3 is 2.23 bits per heavy atom. The molecule has 0 aliphatic carbocycles. The number of ether oxygens (including phenoxy) is 2. The van der Waals surface area contributed by atoms with E-state index in [2.05, 4.69) is 6.92 Å². The number of para-hydroxylation sites is 1. The third-order valence-corrected chi connectivity index (χ3v) is 3.84.